The van der Waals surface area contributed by atoms with E-state index in [1.54, 1.807) is 0 Å². The van der Waals surface area contributed by atoms with Crippen molar-refractivity contribution in [3.63, 3.8) is 0 Å². The maximum absolute atomic E-state index is 8.46. The van der Waals surface area contributed by atoms with Crippen molar-refractivity contribution < 1.29 is 5.21 Å². The van der Waals surface area contributed by atoms with Crippen LogP contribution < -0.4 is 5.48 Å². The second-order valence-electron chi connectivity index (χ2n) is 3.08. The van der Waals surface area contributed by atoms with Crippen molar-refractivity contribution in [1.29, 1.82) is 0 Å². The van der Waals surface area contributed by atoms with Gasteiger partial charge in [0.25, 0.3) is 0 Å². The molecule has 2 nitrogen and oxygen atoms in total. The second-order valence-corrected chi connectivity index (χ2v) is 3.08. The van der Waals surface area contributed by atoms with Crippen molar-refractivity contribution in [3.8, 4) is 0 Å². The first kappa shape index (κ1) is 9.23. The van der Waals surface area contributed by atoms with Crippen LogP contribution >= 0.6 is 0 Å². The lowest BCUT2D eigenvalue weighted by atomic mass is 10.0. The van der Waals surface area contributed by atoms with Crippen LogP contribution in [0.3, 0.4) is 0 Å². The Morgan fingerprint density at radius 1 is 1.50 bits per heavy atom. The third kappa shape index (κ3) is 3.03. The molecule has 0 spiro atoms. The maximum atomic E-state index is 8.46. The minimum Gasteiger partial charge on any atom is -0.317 e. The molecular weight excluding hydrogens is 150 g/mol. The van der Waals surface area contributed by atoms with Crippen LogP contribution in [0.5, 0.6) is 0 Å². The first-order valence-corrected chi connectivity index (χ1v) is 4.15. The van der Waals surface area contributed by atoms with Gasteiger partial charge in [0.05, 0.1) is 0 Å². The topological polar surface area (TPSA) is 32.3 Å². The molecule has 0 heterocycles. The van der Waals surface area contributed by atoms with Gasteiger partial charge < -0.3 is 5.21 Å². The highest BCUT2D eigenvalue weighted by Crippen LogP contribution is 2.06. The summed E-state index contributed by atoms with van der Waals surface area (Å²) in [6, 6.07) is 10.9. The Morgan fingerprint density at radius 2 is 2.17 bits per heavy atom. The molecule has 2 heteroatoms. The Hall–Kier alpha value is -0.860. The molecule has 0 fully saturated rings. The van der Waals surface area contributed by atoms with Gasteiger partial charge in [-0.2, -0.15) is 0 Å². The molecule has 1 aromatic carbocycles. The van der Waals surface area contributed by atoms with Crippen LogP contribution in [-0.2, 0) is 6.42 Å². The predicted octanol–water partition coefficient (Wildman–Crippen LogP) is 1.64. The molecule has 12 heavy (non-hydrogen) atoms. The zero-order valence-corrected chi connectivity index (χ0v) is 7.25. The van der Waals surface area contributed by atoms with E-state index in [-0.39, 0.29) is 0 Å². The molecule has 65 valence electrons. The average molecular weight is 164 g/mol. The van der Waals surface area contributed by atoms with E-state index in [0.29, 0.717) is 12.5 Å². The molecule has 1 atom stereocenters. The molecule has 0 aromatic heterocycles. The Balaban J connectivity index is 2.41. The van der Waals surface area contributed by atoms with Crippen LogP contribution in [0.4, 0.5) is 0 Å². The third-order valence-corrected chi connectivity index (χ3v) is 1.81. The summed E-state index contributed by atoms with van der Waals surface area (Å²) in [4.78, 5) is 0. The number of hydrogen-bond donors (Lipinski definition) is 2. The highest BCUT2D eigenvalue weighted by molar-refractivity contribution is 5.14. The van der Waals surface area contributed by atoms with Crippen molar-refractivity contribution >= 4 is 0 Å². The summed E-state index contributed by atoms with van der Waals surface area (Å²) in [5.41, 5.74) is 3.47. The lowest BCUT2D eigenvalue weighted by Gasteiger charge is -2.08. The number of hydrogen-bond acceptors (Lipinski definition) is 2. The number of hydroxylamine groups is 1. The largest absolute Gasteiger partial charge is 0.317 e. The highest BCUT2D eigenvalue weighted by Gasteiger charge is 2.01. The summed E-state index contributed by atoms with van der Waals surface area (Å²) in [5, 5.41) is 8.46. The van der Waals surface area contributed by atoms with Crippen molar-refractivity contribution in [2.24, 2.45) is 5.92 Å². The molecule has 0 saturated carbocycles. The molecule has 1 radical (unpaired) electrons. The third-order valence-electron chi connectivity index (χ3n) is 1.81. The normalized spacial score (nSPS) is 12.8. The second kappa shape index (κ2) is 4.91. The van der Waals surface area contributed by atoms with Gasteiger partial charge in [-0.05, 0) is 24.0 Å². The summed E-state index contributed by atoms with van der Waals surface area (Å²) in [6.07, 6.45) is 0.988. The number of benzene rings is 1. The van der Waals surface area contributed by atoms with Gasteiger partial charge >= 0.3 is 0 Å². The van der Waals surface area contributed by atoms with Gasteiger partial charge in [0.2, 0.25) is 0 Å². The Bertz CT molecular complexity index is 210. The van der Waals surface area contributed by atoms with E-state index in [0.717, 1.165) is 6.42 Å². The van der Waals surface area contributed by atoms with E-state index in [1.165, 1.54) is 5.56 Å². The van der Waals surface area contributed by atoms with Crippen LogP contribution in [0.1, 0.15) is 12.5 Å². The van der Waals surface area contributed by atoms with Crippen LogP contribution in [0.15, 0.2) is 24.3 Å². The van der Waals surface area contributed by atoms with E-state index in [4.69, 9.17) is 5.21 Å². The van der Waals surface area contributed by atoms with Gasteiger partial charge in [0.1, 0.15) is 0 Å². The van der Waals surface area contributed by atoms with Crippen molar-refractivity contribution in [1.82, 2.24) is 5.48 Å². The first-order valence-electron chi connectivity index (χ1n) is 4.15. The highest BCUT2D eigenvalue weighted by atomic mass is 16.5. The van der Waals surface area contributed by atoms with E-state index in [9.17, 15) is 0 Å². The van der Waals surface area contributed by atoms with Gasteiger partial charge in [-0.3, -0.25) is 0 Å². The maximum Gasteiger partial charge on any atom is 0.0236 e. The fraction of sp³-hybridized carbons (Fsp3) is 0.400. The molecule has 0 saturated heterocycles. The van der Waals surface area contributed by atoms with E-state index in [2.05, 4.69) is 18.5 Å². The summed E-state index contributed by atoms with van der Waals surface area (Å²) in [7, 11) is 0. The van der Waals surface area contributed by atoms with Gasteiger partial charge in [-0.1, -0.05) is 31.2 Å². The Morgan fingerprint density at radius 3 is 2.75 bits per heavy atom. The van der Waals surface area contributed by atoms with E-state index >= 15 is 0 Å². The zero-order chi connectivity index (χ0) is 8.81. The first-order chi connectivity index (χ1) is 5.83. The van der Waals surface area contributed by atoms with E-state index in [1.807, 2.05) is 24.3 Å². The molecule has 2 N–H and O–H groups in total. The molecule has 0 unspecified atom stereocenters. The average Bonchev–Trinajstić information content (AvgIpc) is 2.06. The van der Waals surface area contributed by atoms with Crippen molar-refractivity contribution in [2.75, 3.05) is 6.54 Å². The van der Waals surface area contributed by atoms with Crippen molar-refractivity contribution in [3.05, 3.63) is 35.9 Å². The van der Waals surface area contributed by atoms with Gasteiger partial charge in [0.15, 0.2) is 0 Å². The van der Waals surface area contributed by atoms with Gasteiger partial charge in [0, 0.05) is 6.54 Å². The SMILES string of the molecule is C[C@@H](CNO)Cc1cc[c]cc1. The van der Waals surface area contributed by atoms with Crippen LogP contribution in [-0.4, -0.2) is 11.8 Å². The fourth-order valence-electron chi connectivity index (χ4n) is 1.19. The van der Waals surface area contributed by atoms with Crippen LogP contribution in [0, 0.1) is 12.0 Å². The van der Waals surface area contributed by atoms with Crippen LogP contribution in [0.25, 0.3) is 0 Å². The predicted molar refractivity (Wildman–Crippen MR) is 47.9 cm³/mol. The fourth-order valence-corrected chi connectivity index (χ4v) is 1.19. The summed E-state index contributed by atoms with van der Waals surface area (Å²) in [5.74, 6) is 0.456. The summed E-state index contributed by atoms with van der Waals surface area (Å²) >= 11 is 0. The standard InChI is InChI=1S/C10H14NO/c1-9(8-11-12)7-10-5-3-2-4-6-10/h3-6,9,11-12H,7-8H2,1H3/t9-/m1/s1. The number of nitrogens with one attached hydrogen (secondary N) is 1. The molecule has 0 bridgehead atoms. The molecule has 0 aliphatic heterocycles. The minimum absolute atomic E-state index is 0.456. The van der Waals surface area contributed by atoms with Crippen molar-refractivity contribution in [2.45, 2.75) is 13.3 Å². The number of rotatable bonds is 4. The summed E-state index contributed by atoms with van der Waals surface area (Å²) < 4.78 is 0. The minimum atomic E-state index is 0.456. The molecule has 1 rings (SSSR count). The lowest BCUT2D eigenvalue weighted by molar-refractivity contribution is 0.151. The molecular formula is C10H14NO. The van der Waals surface area contributed by atoms with Crippen LogP contribution in [0.2, 0.25) is 0 Å². The molecule has 0 amide bonds. The Kier molecular flexibility index (Phi) is 3.77. The molecule has 0 aliphatic rings. The van der Waals surface area contributed by atoms with Gasteiger partial charge in [-0.15, -0.1) is 0 Å². The zero-order valence-electron chi connectivity index (χ0n) is 7.25. The lowest BCUT2D eigenvalue weighted by Crippen LogP contribution is -2.18. The van der Waals surface area contributed by atoms with Gasteiger partial charge in [-0.25, -0.2) is 5.48 Å². The molecule has 0 aliphatic carbocycles. The summed E-state index contributed by atoms with van der Waals surface area (Å²) in [6.45, 7) is 2.73. The molecule has 1 aromatic rings. The Labute approximate surface area is 73.2 Å². The smallest absolute Gasteiger partial charge is 0.0236 e. The quantitative estimate of drug-likeness (QED) is 0.663. The van der Waals surface area contributed by atoms with E-state index < -0.39 is 0 Å². The monoisotopic (exact) mass is 164 g/mol.